The van der Waals surface area contributed by atoms with Crippen LogP contribution < -0.4 is 14.4 Å². The highest BCUT2D eigenvalue weighted by Gasteiger charge is 2.31. The first-order valence-electron chi connectivity index (χ1n) is 11.4. The Labute approximate surface area is 202 Å². The van der Waals surface area contributed by atoms with Gasteiger partial charge < -0.3 is 15.0 Å². The fraction of sp³-hybridized carbons (Fsp3) is 0.440. The lowest BCUT2D eigenvalue weighted by atomic mass is 10.1. The molecule has 0 aliphatic heterocycles. The van der Waals surface area contributed by atoms with Crippen LogP contribution in [0.25, 0.3) is 0 Å². The van der Waals surface area contributed by atoms with E-state index < -0.39 is 28.5 Å². The number of carbonyl (C=O) groups is 2. The van der Waals surface area contributed by atoms with Crippen molar-refractivity contribution in [2.24, 2.45) is 0 Å². The lowest BCUT2D eigenvalue weighted by molar-refractivity contribution is -0.140. The van der Waals surface area contributed by atoms with Crippen molar-refractivity contribution in [1.82, 2.24) is 10.2 Å². The van der Waals surface area contributed by atoms with Crippen molar-refractivity contribution in [3.8, 4) is 5.75 Å². The van der Waals surface area contributed by atoms with Gasteiger partial charge in [-0.3, -0.25) is 13.9 Å². The first-order valence-corrected chi connectivity index (χ1v) is 13.2. The standard InChI is InChI=1S/C25H35N3O5S/c1-6-16-26-25(30)22(7-2)27(17-20-12-14-21(33-4)15-13-20)24(29)18-28(34(5,31)32)23-11-9-8-10-19(23)3/h8-15,22H,6-7,16-18H2,1-5H3,(H,26,30). The van der Waals surface area contributed by atoms with Crippen LogP contribution in [-0.2, 0) is 26.2 Å². The third-order valence-electron chi connectivity index (χ3n) is 5.51. The van der Waals surface area contributed by atoms with Gasteiger partial charge >= 0.3 is 0 Å². The van der Waals surface area contributed by atoms with Crippen molar-refractivity contribution in [2.45, 2.75) is 46.2 Å². The third kappa shape index (κ3) is 7.21. The number of amides is 2. The molecule has 2 rings (SSSR count). The van der Waals surface area contributed by atoms with Gasteiger partial charge in [-0.25, -0.2) is 8.42 Å². The van der Waals surface area contributed by atoms with E-state index >= 15 is 0 Å². The number of ether oxygens (including phenoxy) is 1. The van der Waals surface area contributed by atoms with Crippen LogP contribution in [0.3, 0.4) is 0 Å². The Kier molecular flexibility index (Phi) is 9.92. The average molecular weight is 490 g/mol. The zero-order valence-corrected chi connectivity index (χ0v) is 21.4. The number of anilines is 1. The van der Waals surface area contributed by atoms with Gasteiger partial charge in [0.2, 0.25) is 21.8 Å². The molecular formula is C25H35N3O5S. The van der Waals surface area contributed by atoms with Crippen LogP contribution in [0.2, 0.25) is 0 Å². The second-order valence-corrected chi connectivity index (χ2v) is 10.0. The maximum atomic E-state index is 13.6. The number of benzene rings is 2. The number of nitrogens with zero attached hydrogens (tertiary/aromatic N) is 2. The van der Waals surface area contributed by atoms with Crippen molar-refractivity contribution in [2.75, 3.05) is 30.8 Å². The monoisotopic (exact) mass is 489 g/mol. The predicted molar refractivity (Wildman–Crippen MR) is 134 cm³/mol. The number of para-hydroxylation sites is 1. The molecule has 0 fully saturated rings. The van der Waals surface area contributed by atoms with Crippen LogP contribution in [0.1, 0.15) is 37.8 Å². The zero-order chi connectivity index (χ0) is 25.3. The lowest BCUT2D eigenvalue weighted by Gasteiger charge is -2.33. The first-order chi connectivity index (χ1) is 16.1. The topological polar surface area (TPSA) is 96.0 Å². The smallest absolute Gasteiger partial charge is 0.244 e. The second-order valence-electron chi connectivity index (χ2n) is 8.14. The minimum atomic E-state index is -3.75. The van der Waals surface area contributed by atoms with Crippen molar-refractivity contribution in [3.63, 3.8) is 0 Å². The molecule has 0 bridgehead atoms. The molecule has 0 heterocycles. The summed E-state index contributed by atoms with van der Waals surface area (Å²) in [6, 6.07) is 13.5. The minimum absolute atomic E-state index is 0.159. The largest absolute Gasteiger partial charge is 0.497 e. The van der Waals surface area contributed by atoms with Gasteiger partial charge in [-0.1, -0.05) is 44.2 Å². The quantitative estimate of drug-likeness (QED) is 0.494. The molecule has 0 aromatic heterocycles. The van der Waals surface area contributed by atoms with Crippen molar-refractivity contribution in [1.29, 1.82) is 0 Å². The molecule has 34 heavy (non-hydrogen) atoms. The maximum absolute atomic E-state index is 13.6. The van der Waals surface area contributed by atoms with E-state index in [1.807, 2.05) is 32.0 Å². The van der Waals surface area contributed by atoms with Crippen LogP contribution in [0.4, 0.5) is 5.69 Å². The van der Waals surface area contributed by atoms with Gasteiger partial charge in [-0.15, -0.1) is 0 Å². The first kappa shape index (κ1) is 27.2. The Morgan fingerprint density at radius 3 is 2.24 bits per heavy atom. The SMILES string of the molecule is CCCNC(=O)C(CC)N(Cc1ccc(OC)cc1)C(=O)CN(c1ccccc1C)S(C)(=O)=O. The van der Waals surface area contributed by atoms with Crippen LogP contribution in [0, 0.1) is 6.92 Å². The Morgan fingerprint density at radius 1 is 1.06 bits per heavy atom. The highest BCUT2D eigenvalue weighted by Crippen LogP contribution is 2.23. The molecule has 2 amide bonds. The summed E-state index contributed by atoms with van der Waals surface area (Å²) in [5.41, 5.74) is 1.97. The van der Waals surface area contributed by atoms with Crippen molar-refractivity contribution in [3.05, 3.63) is 59.7 Å². The number of rotatable bonds is 12. The number of methoxy groups -OCH3 is 1. The molecule has 0 radical (unpaired) electrons. The molecule has 1 unspecified atom stereocenters. The van der Waals surface area contributed by atoms with Gasteiger partial charge in [-0.2, -0.15) is 0 Å². The van der Waals surface area contributed by atoms with E-state index in [4.69, 9.17) is 4.74 Å². The summed E-state index contributed by atoms with van der Waals surface area (Å²) >= 11 is 0. The summed E-state index contributed by atoms with van der Waals surface area (Å²) < 4.78 is 31.6. The molecule has 9 heteroatoms. The summed E-state index contributed by atoms with van der Waals surface area (Å²) in [4.78, 5) is 28.0. The Balaban J connectivity index is 2.42. The van der Waals surface area contributed by atoms with Crippen LogP contribution >= 0.6 is 0 Å². The van der Waals surface area contributed by atoms with E-state index in [1.165, 1.54) is 4.90 Å². The number of hydrogen-bond acceptors (Lipinski definition) is 5. The van der Waals surface area contributed by atoms with Gasteiger partial charge in [0, 0.05) is 13.1 Å². The highest BCUT2D eigenvalue weighted by atomic mass is 32.2. The molecule has 2 aromatic carbocycles. The molecule has 2 aromatic rings. The molecule has 0 spiro atoms. The van der Waals surface area contributed by atoms with Crippen LogP contribution in [0.15, 0.2) is 48.5 Å². The summed E-state index contributed by atoms with van der Waals surface area (Å²) in [5.74, 6) is -0.0341. The zero-order valence-electron chi connectivity index (χ0n) is 20.6. The lowest BCUT2D eigenvalue weighted by Crippen LogP contribution is -2.52. The Bertz CT molecular complexity index is 1070. The van der Waals surface area contributed by atoms with E-state index in [0.29, 0.717) is 24.4 Å². The van der Waals surface area contributed by atoms with E-state index in [1.54, 1.807) is 44.4 Å². The maximum Gasteiger partial charge on any atom is 0.244 e. The van der Waals surface area contributed by atoms with Gasteiger partial charge in [0.1, 0.15) is 18.3 Å². The number of hydrogen-bond donors (Lipinski definition) is 1. The molecule has 8 nitrogen and oxygen atoms in total. The molecular weight excluding hydrogens is 454 g/mol. The van der Waals surface area contributed by atoms with E-state index in [0.717, 1.165) is 28.1 Å². The molecule has 186 valence electrons. The normalized spacial score (nSPS) is 12.0. The number of sulfonamides is 1. The summed E-state index contributed by atoms with van der Waals surface area (Å²) in [6.07, 6.45) is 2.23. The van der Waals surface area contributed by atoms with Gasteiger partial charge in [0.25, 0.3) is 0 Å². The van der Waals surface area contributed by atoms with Crippen molar-refractivity contribution < 1.29 is 22.7 Å². The third-order valence-corrected chi connectivity index (χ3v) is 6.64. The van der Waals surface area contributed by atoms with Crippen LogP contribution in [0.5, 0.6) is 5.75 Å². The minimum Gasteiger partial charge on any atom is -0.497 e. The summed E-state index contributed by atoms with van der Waals surface area (Å²) in [6.45, 7) is 5.83. The molecule has 0 saturated carbocycles. The molecule has 0 saturated heterocycles. The highest BCUT2D eigenvalue weighted by molar-refractivity contribution is 7.92. The number of carbonyl (C=O) groups excluding carboxylic acids is 2. The number of nitrogens with one attached hydrogen (secondary N) is 1. The fourth-order valence-electron chi connectivity index (χ4n) is 3.65. The van der Waals surface area contributed by atoms with Gasteiger partial charge in [0.05, 0.1) is 19.1 Å². The van der Waals surface area contributed by atoms with E-state index in [9.17, 15) is 18.0 Å². The van der Waals surface area contributed by atoms with E-state index in [2.05, 4.69) is 5.32 Å². The predicted octanol–water partition coefficient (Wildman–Crippen LogP) is 3.10. The molecule has 1 atom stereocenters. The Morgan fingerprint density at radius 2 is 1.71 bits per heavy atom. The summed E-state index contributed by atoms with van der Waals surface area (Å²) in [5, 5.41) is 2.86. The van der Waals surface area contributed by atoms with Gasteiger partial charge in [-0.05, 0) is 49.1 Å². The summed E-state index contributed by atoms with van der Waals surface area (Å²) in [7, 11) is -2.18. The average Bonchev–Trinajstić information content (AvgIpc) is 2.81. The molecule has 0 aliphatic rings. The van der Waals surface area contributed by atoms with E-state index in [-0.39, 0.29) is 12.5 Å². The number of aryl methyl sites for hydroxylation is 1. The van der Waals surface area contributed by atoms with Gasteiger partial charge in [0.15, 0.2) is 0 Å². The van der Waals surface area contributed by atoms with Crippen LogP contribution in [-0.4, -0.2) is 57.6 Å². The second kappa shape index (κ2) is 12.4. The Hall–Kier alpha value is -3.07. The fourth-order valence-corrected chi connectivity index (χ4v) is 4.56. The molecule has 1 N–H and O–H groups in total. The van der Waals surface area contributed by atoms with Crippen molar-refractivity contribution >= 4 is 27.5 Å². The molecule has 0 aliphatic carbocycles.